The number of carbonyl (C=O) groups is 2. The summed E-state index contributed by atoms with van der Waals surface area (Å²) in [7, 11) is 0. The average Bonchev–Trinajstić information content (AvgIpc) is 2.75. The van der Waals surface area contributed by atoms with Gasteiger partial charge in [-0.05, 0) is 103 Å². The van der Waals surface area contributed by atoms with Crippen LogP contribution >= 0.6 is 0 Å². The Labute approximate surface area is 206 Å². The first kappa shape index (κ1) is 24.5. The second-order valence-corrected chi connectivity index (χ2v) is 15.0. The minimum absolute atomic E-state index is 0.0146. The van der Waals surface area contributed by atoms with Gasteiger partial charge in [-0.1, -0.05) is 60.5 Å². The summed E-state index contributed by atoms with van der Waals surface area (Å²) in [5.74, 6) is 1.01. The molecule has 4 saturated carbocycles. The number of hydroxylamine groups is 1. The standard InChI is InChI=1S/C30H47NO3/c1-25(2)10-8-11-28(5)22(25)9-12-30(7)23(28)21(32)17-19-20-18-27(4,24(33)31-34)14-13-26(20,3)15-16-29(19,30)6/h17,20,22-23,34H,8-16,18H2,1-7H3,(H,31,33)/t20-,22?,23-,26-,27?,28+,29-,30-/m1/s1. The molecule has 4 nitrogen and oxygen atoms in total. The van der Waals surface area contributed by atoms with E-state index in [1.807, 2.05) is 12.4 Å². The summed E-state index contributed by atoms with van der Waals surface area (Å²) in [6.07, 6.45) is 12.9. The normalized spacial score (nSPS) is 51.8. The van der Waals surface area contributed by atoms with Gasteiger partial charge in [-0.2, -0.15) is 0 Å². The molecular formula is C30H47NO3. The number of hydrogen-bond donors (Lipinski definition) is 2. The summed E-state index contributed by atoms with van der Waals surface area (Å²) in [6, 6.07) is 0. The molecule has 4 heteroatoms. The fourth-order valence-electron chi connectivity index (χ4n) is 10.6. The van der Waals surface area contributed by atoms with Crippen molar-refractivity contribution >= 4 is 11.7 Å². The minimum Gasteiger partial charge on any atom is -0.295 e. The Morgan fingerprint density at radius 1 is 0.941 bits per heavy atom. The molecule has 0 saturated heterocycles. The number of hydrogen-bond acceptors (Lipinski definition) is 3. The zero-order valence-corrected chi connectivity index (χ0v) is 22.6. The number of amides is 1. The van der Waals surface area contributed by atoms with E-state index in [1.54, 1.807) is 0 Å². The molecule has 5 aliphatic rings. The number of rotatable bonds is 1. The molecule has 0 aromatic rings. The van der Waals surface area contributed by atoms with Gasteiger partial charge in [-0.3, -0.25) is 14.8 Å². The van der Waals surface area contributed by atoms with E-state index in [2.05, 4.69) is 47.6 Å². The molecule has 0 aromatic carbocycles. The Morgan fingerprint density at radius 2 is 1.62 bits per heavy atom. The van der Waals surface area contributed by atoms with Crippen LogP contribution in [-0.4, -0.2) is 16.9 Å². The highest BCUT2D eigenvalue weighted by molar-refractivity contribution is 5.95. The van der Waals surface area contributed by atoms with Gasteiger partial charge in [0, 0.05) is 11.3 Å². The van der Waals surface area contributed by atoms with E-state index in [4.69, 9.17) is 0 Å². The molecule has 0 aliphatic heterocycles. The highest BCUT2D eigenvalue weighted by atomic mass is 16.5. The van der Waals surface area contributed by atoms with Crippen molar-refractivity contribution in [2.75, 3.05) is 0 Å². The lowest BCUT2D eigenvalue weighted by Gasteiger charge is -2.70. The van der Waals surface area contributed by atoms with E-state index in [0.29, 0.717) is 17.1 Å². The zero-order valence-electron chi connectivity index (χ0n) is 22.6. The lowest BCUT2D eigenvalue weighted by atomic mass is 9.33. The number of nitrogens with one attached hydrogen (secondary N) is 1. The SMILES string of the molecule is CC1(C(=O)NO)CC[C@]2(C)CC[C@]3(C)C(=CC(=O)[C@@H]4[C@@]5(C)CCCC(C)(C)C5CC[C@]43C)[C@H]2C1. The van der Waals surface area contributed by atoms with Crippen LogP contribution in [0.2, 0.25) is 0 Å². The molecule has 0 aromatic heterocycles. The zero-order chi connectivity index (χ0) is 24.9. The highest BCUT2D eigenvalue weighted by Gasteiger charge is 2.69. The molecule has 190 valence electrons. The Kier molecular flexibility index (Phi) is 5.20. The van der Waals surface area contributed by atoms with E-state index in [-0.39, 0.29) is 39.4 Å². The molecule has 0 spiro atoms. The van der Waals surface area contributed by atoms with Crippen LogP contribution in [-0.2, 0) is 9.59 Å². The molecule has 34 heavy (non-hydrogen) atoms. The molecule has 5 aliphatic carbocycles. The summed E-state index contributed by atoms with van der Waals surface area (Å²) in [5, 5.41) is 9.45. The lowest BCUT2D eigenvalue weighted by Crippen LogP contribution is -2.65. The summed E-state index contributed by atoms with van der Waals surface area (Å²) in [5.41, 5.74) is 3.12. The summed E-state index contributed by atoms with van der Waals surface area (Å²) in [4.78, 5) is 26.9. The maximum atomic E-state index is 14.2. The minimum atomic E-state index is -0.587. The number of fused-ring (bicyclic) bond motifs is 7. The van der Waals surface area contributed by atoms with Crippen LogP contribution in [0.5, 0.6) is 0 Å². The summed E-state index contributed by atoms with van der Waals surface area (Å²) in [6.45, 7) is 16.6. The van der Waals surface area contributed by atoms with Crippen molar-refractivity contribution in [3.05, 3.63) is 11.6 Å². The fraction of sp³-hybridized carbons (Fsp3) is 0.867. The largest absolute Gasteiger partial charge is 0.295 e. The van der Waals surface area contributed by atoms with Crippen LogP contribution in [0.4, 0.5) is 0 Å². The van der Waals surface area contributed by atoms with Gasteiger partial charge in [0.15, 0.2) is 5.78 Å². The first-order valence-electron chi connectivity index (χ1n) is 13.9. The van der Waals surface area contributed by atoms with Gasteiger partial charge >= 0.3 is 0 Å². The van der Waals surface area contributed by atoms with Crippen molar-refractivity contribution in [3.8, 4) is 0 Å². The van der Waals surface area contributed by atoms with Gasteiger partial charge in [0.2, 0.25) is 5.91 Å². The van der Waals surface area contributed by atoms with Crippen molar-refractivity contribution in [1.82, 2.24) is 5.48 Å². The van der Waals surface area contributed by atoms with Gasteiger partial charge in [0.1, 0.15) is 0 Å². The molecule has 1 amide bonds. The molecule has 0 radical (unpaired) electrons. The average molecular weight is 470 g/mol. The number of allylic oxidation sites excluding steroid dienone is 2. The van der Waals surface area contributed by atoms with Crippen LogP contribution in [0.15, 0.2) is 11.6 Å². The third-order valence-electron chi connectivity index (χ3n) is 13.0. The maximum Gasteiger partial charge on any atom is 0.249 e. The molecule has 8 atom stereocenters. The highest BCUT2D eigenvalue weighted by Crippen LogP contribution is 2.75. The van der Waals surface area contributed by atoms with Crippen LogP contribution in [0.25, 0.3) is 0 Å². The number of carbonyl (C=O) groups excluding carboxylic acids is 2. The van der Waals surface area contributed by atoms with Gasteiger partial charge in [0.25, 0.3) is 0 Å². The quantitative estimate of drug-likeness (QED) is 0.325. The molecule has 0 heterocycles. The second kappa shape index (κ2) is 7.20. The topological polar surface area (TPSA) is 66.4 Å². The smallest absolute Gasteiger partial charge is 0.249 e. The third kappa shape index (κ3) is 2.93. The van der Waals surface area contributed by atoms with Crippen molar-refractivity contribution in [1.29, 1.82) is 0 Å². The Hall–Kier alpha value is -1.16. The van der Waals surface area contributed by atoms with Crippen molar-refractivity contribution in [2.24, 2.45) is 50.2 Å². The van der Waals surface area contributed by atoms with Crippen molar-refractivity contribution < 1.29 is 14.8 Å². The van der Waals surface area contributed by atoms with Crippen LogP contribution in [0, 0.1) is 50.2 Å². The van der Waals surface area contributed by atoms with Crippen molar-refractivity contribution in [2.45, 2.75) is 113 Å². The van der Waals surface area contributed by atoms with Crippen LogP contribution < -0.4 is 5.48 Å². The molecule has 0 bridgehead atoms. The number of ketones is 1. The Morgan fingerprint density at radius 3 is 2.29 bits per heavy atom. The van der Waals surface area contributed by atoms with E-state index in [9.17, 15) is 14.8 Å². The van der Waals surface area contributed by atoms with E-state index in [1.165, 1.54) is 31.3 Å². The lowest BCUT2D eigenvalue weighted by molar-refractivity contribution is -0.185. The first-order chi connectivity index (χ1) is 15.7. The van der Waals surface area contributed by atoms with E-state index < -0.39 is 5.41 Å². The molecule has 5 rings (SSSR count). The maximum absolute atomic E-state index is 14.2. The van der Waals surface area contributed by atoms with Gasteiger partial charge in [0.05, 0.1) is 0 Å². The fourth-order valence-corrected chi connectivity index (χ4v) is 10.6. The molecule has 4 fully saturated rings. The second-order valence-electron chi connectivity index (χ2n) is 15.0. The van der Waals surface area contributed by atoms with Gasteiger partial charge in [-0.25, -0.2) is 5.48 Å². The Bertz CT molecular complexity index is 953. The van der Waals surface area contributed by atoms with Gasteiger partial charge in [-0.15, -0.1) is 0 Å². The van der Waals surface area contributed by atoms with E-state index in [0.717, 1.165) is 38.5 Å². The summed E-state index contributed by atoms with van der Waals surface area (Å²) < 4.78 is 0. The first-order valence-corrected chi connectivity index (χ1v) is 13.9. The predicted molar refractivity (Wildman–Crippen MR) is 134 cm³/mol. The predicted octanol–water partition coefficient (Wildman–Crippen LogP) is 6.86. The molecule has 2 N–H and O–H groups in total. The van der Waals surface area contributed by atoms with Crippen LogP contribution in [0.1, 0.15) is 113 Å². The summed E-state index contributed by atoms with van der Waals surface area (Å²) >= 11 is 0. The molecule has 2 unspecified atom stereocenters. The van der Waals surface area contributed by atoms with E-state index >= 15 is 0 Å². The van der Waals surface area contributed by atoms with Crippen molar-refractivity contribution in [3.63, 3.8) is 0 Å². The third-order valence-corrected chi connectivity index (χ3v) is 13.0. The van der Waals surface area contributed by atoms with Crippen LogP contribution in [0.3, 0.4) is 0 Å². The Balaban J connectivity index is 1.61. The molecular weight excluding hydrogens is 422 g/mol. The monoisotopic (exact) mass is 469 g/mol. The van der Waals surface area contributed by atoms with Gasteiger partial charge < -0.3 is 0 Å².